The number of carbonyl (C=O) groups excluding carboxylic acids is 1. The Bertz CT molecular complexity index is 349. The van der Waals surface area contributed by atoms with Gasteiger partial charge in [-0.05, 0) is 26.8 Å². The van der Waals surface area contributed by atoms with Gasteiger partial charge in [0.1, 0.15) is 0 Å². The highest BCUT2D eigenvalue weighted by molar-refractivity contribution is 8.00. The summed E-state index contributed by atoms with van der Waals surface area (Å²) >= 11 is 1.29. The van der Waals surface area contributed by atoms with Gasteiger partial charge in [0.25, 0.3) is 0 Å². The molecular weight excluding hydrogens is 212 g/mol. The molecule has 1 aromatic heterocycles. The van der Waals surface area contributed by atoms with E-state index >= 15 is 0 Å². The van der Waals surface area contributed by atoms with E-state index in [2.05, 4.69) is 15.4 Å². The molecule has 15 heavy (non-hydrogen) atoms. The lowest BCUT2D eigenvalue weighted by molar-refractivity contribution is -0.120. The van der Waals surface area contributed by atoms with Gasteiger partial charge in [-0.3, -0.25) is 10.2 Å². The third-order valence-electron chi connectivity index (χ3n) is 1.76. The normalized spacial score (nSPS) is 12.3. The number of rotatable bonds is 3. The summed E-state index contributed by atoms with van der Waals surface area (Å²) in [5.74, 6) is 4.80. The number of aryl methyl sites for hydroxylation is 2. The van der Waals surface area contributed by atoms with Gasteiger partial charge in [0.05, 0.1) is 5.25 Å². The van der Waals surface area contributed by atoms with E-state index in [9.17, 15) is 4.79 Å². The molecule has 6 heteroatoms. The molecule has 0 spiro atoms. The summed E-state index contributed by atoms with van der Waals surface area (Å²) in [6, 6.07) is 1.89. The maximum absolute atomic E-state index is 11.2. The monoisotopic (exact) mass is 226 g/mol. The number of amides is 1. The third kappa shape index (κ3) is 3.49. The summed E-state index contributed by atoms with van der Waals surface area (Å²) < 4.78 is 0. The van der Waals surface area contributed by atoms with Crippen molar-refractivity contribution in [3.63, 3.8) is 0 Å². The van der Waals surface area contributed by atoms with Crippen LogP contribution in [0.4, 0.5) is 0 Å². The second-order valence-electron chi connectivity index (χ2n) is 3.20. The molecule has 0 aliphatic carbocycles. The average molecular weight is 226 g/mol. The van der Waals surface area contributed by atoms with Crippen LogP contribution in [0.5, 0.6) is 0 Å². The first-order valence-corrected chi connectivity index (χ1v) is 5.40. The molecular formula is C9H14N4OS. The van der Waals surface area contributed by atoms with Crippen molar-refractivity contribution in [3.8, 4) is 0 Å². The molecule has 1 aromatic rings. The Balaban J connectivity index is 2.76. The first-order valence-electron chi connectivity index (χ1n) is 4.52. The minimum atomic E-state index is -0.295. The van der Waals surface area contributed by atoms with Crippen molar-refractivity contribution in [2.45, 2.75) is 31.2 Å². The van der Waals surface area contributed by atoms with Gasteiger partial charge in [0.2, 0.25) is 5.91 Å². The Morgan fingerprint density at radius 3 is 2.47 bits per heavy atom. The van der Waals surface area contributed by atoms with Crippen LogP contribution in [-0.4, -0.2) is 21.1 Å². The molecule has 0 aliphatic heterocycles. The highest BCUT2D eigenvalue weighted by Gasteiger charge is 2.14. The molecule has 0 fully saturated rings. The predicted molar refractivity (Wildman–Crippen MR) is 59.2 cm³/mol. The molecule has 1 unspecified atom stereocenters. The van der Waals surface area contributed by atoms with Crippen LogP contribution >= 0.6 is 11.8 Å². The minimum absolute atomic E-state index is 0.234. The van der Waals surface area contributed by atoms with Crippen LogP contribution in [0.3, 0.4) is 0 Å². The number of hydrazine groups is 1. The van der Waals surface area contributed by atoms with Gasteiger partial charge >= 0.3 is 0 Å². The van der Waals surface area contributed by atoms with E-state index in [4.69, 9.17) is 5.84 Å². The van der Waals surface area contributed by atoms with Crippen molar-refractivity contribution in [1.29, 1.82) is 0 Å². The minimum Gasteiger partial charge on any atom is -0.293 e. The number of nitrogens with two attached hydrogens (primary N) is 1. The molecule has 5 nitrogen and oxygen atoms in total. The zero-order valence-electron chi connectivity index (χ0n) is 8.94. The molecule has 0 bridgehead atoms. The fraction of sp³-hybridized carbons (Fsp3) is 0.444. The van der Waals surface area contributed by atoms with Gasteiger partial charge < -0.3 is 0 Å². The molecule has 0 aliphatic rings. The topological polar surface area (TPSA) is 80.9 Å². The van der Waals surface area contributed by atoms with Crippen LogP contribution in [-0.2, 0) is 4.79 Å². The number of carbonyl (C=O) groups is 1. The van der Waals surface area contributed by atoms with Gasteiger partial charge in [-0.15, -0.1) is 0 Å². The third-order valence-corrected chi connectivity index (χ3v) is 2.72. The molecule has 0 aromatic carbocycles. The van der Waals surface area contributed by atoms with Crippen molar-refractivity contribution >= 4 is 17.7 Å². The summed E-state index contributed by atoms with van der Waals surface area (Å²) in [5, 5.41) is 0.305. The molecule has 82 valence electrons. The van der Waals surface area contributed by atoms with Gasteiger partial charge in [0.15, 0.2) is 5.16 Å². The first-order chi connectivity index (χ1) is 7.02. The van der Waals surface area contributed by atoms with E-state index in [-0.39, 0.29) is 11.2 Å². The number of nitrogens with zero attached hydrogens (tertiary/aromatic N) is 2. The van der Waals surface area contributed by atoms with E-state index in [1.165, 1.54) is 11.8 Å². The quantitative estimate of drug-likeness (QED) is 0.259. The number of nitrogens with one attached hydrogen (secondary N) is 1. The Morgan fingerprint density at radius 2 is 2.00 bits per heavy atom. The summed E-state index contributed by atoms with van der Waals surface area (Å²) in [5.41, 5.74) is 3.89. The summed E-state index contributed by atoms with van der Waals surface area (Å²) in [4.78, 5) is 19.6. The summed E-state index contributed by atoms with van der Waals surface area (Å²) in [6.07, 6.45) is 0. The maximum atomic E-state index is 11.2. The lowest BCUT2D eigenvalue weighted by Crippen LogP contribution is -2.36. The number of hydrogen-bond acceptors (Lipinski definition) is 5. The van der Waals surface area contributed by atoms with Gasteiger partial charge in [-0.25, -0.2) is 15.8 Å². The highest BCUT2D eigenvalue weighted by Crippen LogP contribution is 2.19. The number of thioether (sulfide) groups is 1. The largest absolute Gasteiger partial charge is 0.293 e. The Kier molecular flexibility index (Phi) is 4.05. The van der Waals surface area contributed by atoms with Crippen LogP contribution in [0.25, 0.3) is 0 Å². The highest BCUT2D eigenvalue weighted by atomic mass is 32.2. The smallest absolute Gasteiger partial charge is 0.247 e. The predicted octanol–water partition coefficient (Wildman–Crippen LogP) is 0.564. The van der Waals surface area contributed by atoms with E-state index in [1.54, 1.807) is 6.92 Å². The van der Waals surface area contributed by atoms with Crippen molar-refractivity contribution < 1.29 is 4.79 Å². The molecule has 0 saturated heterocycles. The summed E-state index contributed by atoms with van der Waals surface area (Å²) in [6.45, 7) is 5.55. The van der Waals surface area contributed by atoms with Crippen molar-refractivity contribution in [2.24, 2.45) is 5.84 Å². The number of hydrogen-bond donors (Lipinski definition) is 2. The standard InChI is InChI=1S/C9H14N4OS/c1-5-4-6(2)12-9(11-5)15-7(3)8(14)13-10/h4,7H,10H2,1-3H3,(H,13,14). The van der Waals surface area contributed by atoms with Gasteiger partial charge in [-0.1, -0.05) is 11.8 Å². The van der Waals surface area contributed by atoms with Gasteiger partial charge in [0, 0.05) is 11.4 Å². The first kappa shape index (κ1) is 11.9. The molecule has 1 atom stereocenters. The van der Waals surface area contributed by atoms with E-state index < -0.39 is 0 Å². The van der Waals surface area contributed by atoms with Crippen LogP contribution in [0.15, 0.2) is 11.2 Å². The molecule has 1 rings (SSSR count). The average Bonchev–Trinajstić information content (AvgIpc) is 2.14. The second kappa shape index (κ2) is 5.09. The van der Waals surface area contributed by atoms with Crippen LogP contribution in [0.2, 0.25) is 0 Å². The molecule has 0 saturated carbocycles. The van der Waals surface area contributed by atoms with Crippen LogP contribution < -0.4 is 11.3 Å². The maximum Gasteiger partial charge on any atom is 0.247 e. The second-order valence-corrected chi connectivity index (χ2v) is 4.51. The van der Waals surface area contributed by atoms with Crippen molar-refractivity contribution in [2.75, 3.05) is 0 Å². The van der Waals surface area contributed by atoms with Crippen LogP contribution in [0.1, 0.15) is 18.3 Å². The SMILES string of the molecule is Cc1cc(C)nc(SC(C)C(=O)NN)n1. The zero-order chi connectivity index (χ0) is 11.4. The van der Waals surface area contributed by atoms with E-state index in [0.29, 0.717) is 5.16 Å². The number of aromatic nitrogens is 2. The zero-order valence-corrected chi connectivity index (χ0v) is 9.76. The lowest BCUT2D eigenvalue weighted by Gasteiger charge is -2.08. The lowest BCUT2D eigenvalue weighted by atomic mass is 10.4. The molecule has 3 N–H and O–H groups in total. The Morgan fingerprint density at radius 1 is 1.47 bits per heavy atom. The Hall–Kier alpha value is -1.14. The van der Waals surface area contributed by atoms with E-state index in [0.717, 1.165) is 11.4 Å². The molecule has 1 heterocycles. The van der Waals surface area contributed by atoms with Gasteiger partial charge in [-0.2, -0.15) is 0 Å². The Labute approximate surface area is 92.8 Å². The van der Waals surface area contributed by atoms with Crippen molar-refractivity contribution in [3.05, 3.63) is 17.5 Å². The fourth-order valence-corrected chi connectivity index (χ4v) is 1.96. The van der Waals surface area contributed by atoms with E-state index in [1.807, 2.05) is 19.9 Å². The fourth-order valence-electron chi connectivity index (χ4n) is 1.08. The van der Waals surface area contributed by atoms with Crippen molar-refractivity contribution in [1.82, 2.24) is 15.4 Å². The molecule has 0 radical (unpaired) electrons. The summed E-state index contributed by atoms with van der Waals surface area (Å²) in [7, 11) is 0. The molecule has 1 amide bonds. The van der Waals surface area contributed by atoms with Crippen LogP contribution in [0, 0.1) is 13.8 Å².